The SMILES string of the molecule is [C-]1[CH][CH][CH][C]1C1=NCCN1Cc1ccccc1.[C-]1[CH][CH][CH][C]1C1=NCCN1Cc1ccccc1.[CH]1[CH][CH][CH][CH]1.[CH]1[CH][CH][CH][CH]1.[Cl][Pd+].[Cl][Pd+].[Fe+2].[Fe+2]. The summed E-state index contributed by atoms with van der Waals surface area (Å²) >= 11 is 4.44. The minimum atomic E-state index is 0. The van der Waals surface area contributed by atoms with Crippen LogP contribution in [0.4, 0.5) is 0 Å². The Morgan fingerprint density at radius 1 is 0.500 bits per heavy atom. The molecule has 20 radical (unpaired) electrons. The van der Waals surface area contributed by atoms with E-state index < -0.39 is 0 Å². The molecule has 0 unspecified atom stereocenters. The standard InChI is InChI=1S/2C15H14N2.2C5H5.2ClH.2Fe.2Pd/c2*1-2-6-13(7-3-1)12-17-11-10-16-15(17)14-8-4-5-9-14;2*1-2-4-5-3-1;;;;;;/h2*1-8H,10-12H2;2*1-5H;2*1H;;;;/q2*-1;;;;;4*+2/p-2. The zero-order valence-electron chi connectivity index (χ0n) is 27.1. The van der Waals surface area contributed by atoms with Crippen LogP contribution in [0.25, 0.3) is 0 Å². The van der Waals surface area contributed by atoms with Gasteiger partial charge in [-0.3, -0.25) is 9.98 Å². The number of nitrogens with zero attached hydrogens (tertiary/aromatic N) is 4. The maximum absolute atomic E-state index is 4.57. The van der Waals surface area contributed by atoms with Crippen LogP contribution in [0.3, 0.4) is 0 Å². The predicted molar refractivity (Wildman–Crippen MR) is 192 cm³/mol. The second kappa shape index (κ2) is 31.7. The molecule has 0 bridgehead atoms. The summed E-state index contributed by atoms with van der Waals surface area (Å²) in [4.78, 5) is 13.8. The Morgan fingerprint density at radius 3 is 1.10 bits per heavy atom. The van der Waals surface area contributed by atoms with Crippen LogP contribution in [0.2, 0.25) is 0 Å². The van der Waals surface area contributed by atoms with Crippen LogP contribution in [-0.2, 0) is 83.6 Å². The van der Waals surface area contributed by atoms with Gasteiger partial charge >= 0.3 is 89.6 Å². The van der Waals surface area contributed by atoms with E-state index >= 15 is 0 Å². The minimum absolute atomic E-state index is 0. The number of hydrogen-bond acceptors (Lipinski definition) is 4. The van der Waals surface area contributed by atoms with E-state index in [0.29, 0.717) is 0 Å². The molecule has 6 aliphatic rings. The molecule has 10 heteroatoms. The normalized spacial score (nSPS) is 19.3. The Hall–Kier alpha value is 0.324. The van der Waals surface area contributed by atoms with E-state index in [0.717, 1.165) is 62.8 Å². The average Bonchev–Trinajstić information content (AvgIpc) is 4.01. The van der Waals surface area contributed by atoms with Gasteiger partial charge in [0.15, 0.2) is 0 Å². The summed E-state index contributed by atoms with van der Waals surface area (Å²) in [6.07, 6.45) is 38.5. The Morgan fingerprint density at radius 2 is 0.820 bits per heavy atom. The van der Waals surface area contributed by atoms with Crippen molar-refractivity contribution in [3.8, 4) is 0 Å². The summed E-state index contributed by atoms with van der Waals surface area (Å²) in [5, 5.41) is 0. The van der Waals surface area contributed by atoms with Crippen molar-refractivity contribution in [1.29, 1.82) is 0 Å². The van der Waals surface area contributed by atoms with Gasteiger partial charge in [-0.15, -0.1) is 11.8 Å². The minimum Gasteiger partial charge on any atom is 2.00 e. The fourth-order valence-electron chi connectivity index (χ4n) is 4.97. The molecule has 2 aromatic rings. The van der Waals surface area contributed by atoms with Gasteiger partial charge in [0.05, 0.1) is 24.8 Å². The van der Waals surface area contributed by atoms with Crippen molar-refractivity contribution >= 4 is 30.7 Å². The second-order valence-electron chi connectivity index (χ2n) is 10.3. The van der Waals surface area contributed by atoms with E-state index in [9.17, 15) is 0 Å². The first-order chi connectivity index (χ1) is 23.9. The van der Waals surface area contributed by atoms with Crippen molar-refractivity contribution in [2.45, 2.75) is 13.1 Å². The second-order valence-corrected chi connectivity index (χ2v) is 10.3. The molecule has 2 aromatic carbocycles. The number of hydrogen-bond donors (Lipinski definition) is 0. The average molecular weight is 970 g/mol. The molecule has 8 rings (SSSR count). The van der Waals surface area contributed by atoms with Crippen molar-refractivity contribution in [3.05, 3.63) is 199 Å². The smallest absolute Gasteiger partial charge is 2.00 e. The van der Waals surface area contributed by atoms with Gasteiger partial charge in [-0.25, -0.2) is 12.8 Å². The molecule has 0 saturated heterocycles. The number of halogens is 2. The molecule has 4 saturated carbocycles. The summed E-state index contributed by atoms with van der Waals surface area (Å²) in [6.45, 7) is 5.65. The monoisotopic (exact) mass is 968 g/mol. The first kappa shape index (κ1) is 48.3. The molecule has 0 atom stereocenters. The zero-order valence-corrected chi connectivity index (χ0v) is 34.0. The largest absolute Gasteiger partial charge is 2.00 e. The molecule has 4 fully saturated rings. The third-order valence-corrected chi connectivity index (χ3v) is 7.08. The molecule has 264 valence electrons. The van der Waals surface area contributed by atoms with Crippen LogP contribution >= 0.6 is 19.1 Å². The Labute approximate surface area is 356 Å². The summed E-state index contributed by atoms with van der Waals surface area (Å²) in [6, 6.07) is 21.0. The third-order valence-electron chi connectivity index (χ3n) is 7.08. The van der Waals surface area contributed by atoms with Crippen molar-refractivity contribution in [3.63, 3.8) is 0 Å². The van der Waals surface area contributed by atoms with Crippen LogP contribution in [0.1, 0.15) is 11.1 Å². The van der Waals surface area contributed by atoms with E-state index in [-0.39, 0.29) is 34.1 Å². The summed E-state index contributed by atoms with van der Waals surface area (Å²) < 4.78 is 0. The number of amidine groups is 2. The molecule has 2 heterocycles. The van der Waals surface area contributed by atoms with Crippen molar-refractivity contribution in [2.75, 3.05) is 26.2 Å². The molecule has 0 amide bonds. The molecule has 0 N–H and O–H groups in total. The van der Waals surface area contributed by atoms with Crippen LogP contribution in [-0.4, -0.2) is 47.7 Å². The topological polar surface area (TPSA) is 31.2 Å². The molecule has 4 aliphatic carbocycles. The Kier molecular flexibility index (Phi) is 30.6. The van der Waals surface area contributed by atoms with Gasteiger partial charge in [0.2, 0.25) is 0 Å². The van der Waals surface area contributed by atoms with Gasteiger partial charge < -0.3 is 22.6 Å². The number of benzene rings is 2. The van der Waals surface area contributed by atoms with E-state index in [1.54, 1.807) is 0 Å². The molecule has 0 spiro atoms. The van der Waals surface area contributed by atoms with Crippen molar-refractivity contribution < 1.29 is 70.5 Å². The van der Waals surface area contributed by atoms with Gasteiger partial charge in [0, 0.05) is 26.2 Å². The molecule has 4 nitrogen and oxygen atoms in total. The molecule has 0 aromatic heterocycles. The van der Waals surface area contributed by atoms with Gasteiger partial charge in [-0.05, 0) is 75.3 Å². The maximum Gasteiger partial charge on any atom is 2.00 e. The number of rotatable bonds is 6. The Balaban J connectivity index is 0.000000354. The molecular weight excluding hydrogens is 932 g/mol. The summed E-state index contributed by atoms with van der Waals surface area (Å²) in [7, 11) is 8.98. The van der Waals surface area contributed by atoms with Gasteiger partial charge in [0.25, 0.3) is 0 Å². The summed E-state index contributed by atoms with van der Waals surface area (Å²) in [5.41, 5.74) is 2.65. The molecular formula is C40H38Cl2Fe2N4Pd2+4. The van der Waals surface area contributed by atoms with Gasteiger partial charge in [-0.1, -0.05) is 86.3 Å². The van der Waals surface area contributed by atoms with Gasteiger partial charge in [0.1, 0.15) is 0 Å². The fourth-order valence-corrected chi connectivity index (χ4v) is 4.97. The molecule has 2 aliphatic heterocycles. The van der Waals surface area contributed by atoms with Crippen molar-refractivity contribution in [1.82, 2.24) is 9.80 Å². The van der Waals surface area contributed by atoms with E-state index in [4.69, 9.17) is 0 Å². The predicted octanol–water partition coefficient (Wildman–Crippen LogP) is 7.78. The van der Waals surface area contributed by atoms with E-state index in [2.05, 4.69) is 149 Å². The number of aliphatic imine (C=N–C) groups is 2. The van der Waals surface area contributed by atoms with Crippen molar-refractivity contribution in [2.24, 2.45) is 9.98 Å². The Bertz CT molecular complexity index is 1020. The van der Waals surface area contributed by atoms with Gasteiger partial charge in [-0.2, -0.15) is 0 Å². The van der Waals surface area contributed by atoms with Crippen LogP contribution < -0.4 is 0 Å². The van der Waals surface area contributed by atoms with Crippen LogP contribution in [0, 0.1) is 127 Å². The third kappa shape index (κ3) is 18.6. The molecule has 50 heavy (non-hydrogen) atoms. The van der Waals surface area contributed by atoms with E-state index in [1.807, 2.05) is 102 Å². The van der Waals surface area contributed by atoms with Crippen LogP contribution in [0.5, 0.6) is 0 Å². The first-order valence-electron chi connectivity index (χ1n) is 15.4. The first-order valence-corrected chi connectivity index (χ1v) is 19.4. The summed E-state index contributed by atoms with van der Waals surface area (Å²) in [5.74, 6) is 4.38. The maximum atomic E-state index is 4.57. The van der Waals surface area contributed by atoms with Crippen LogP contribution in [0.15, 0.2) is 70.6 Å². The fraction of sp³-hybridized carbons (Fsp3) is 0.150. The van der Waals surface area contributed by atoms with E-state index in [1.165, 1.54) is 11.1 Å². The zero-order chi connectivity index (χ0) is 34.1. The quantitative estimate of drug-likeness (QED) is 0.219.